The van der Waals surface area contributed by atoms with Gasteiger partial charge in [0, 0.05) is 12.3 Å². The van der Waals surface area contributed by atoms with Crippen LogP contribution in [0.25, 0.3) is 38.9 Å². The van der Waals surface area contributed by atoms with Crippen LogP contribution in [0.4, 0.5) is 0 Å². The lowest BCUT2D eigenvalue weighted by molar-refractivity contribution is 0.0960. The number of fused-ring (bicyclic) bond motifs is 4. The molecule has 7 nitrogen and oxygen atoms in total. The quantitative estimate of drug-likeness (QED) is 0.466. The maximum atomic E-state index is 13.5. The number of nitrogens with zero attached hydrogens (tertiary/aromatic N) is 5. The van der Waals surface area contributed by atoms with Crippen molar-refractivity contribution in [3.63, 3.8) is 0 Å². The standard InChI is InChI=1S/C23H19N5O2/c29-23-19-20-22(26-18-11-5-4-10-17(18)25-20)28(15-7-2-1-3-8-15)21(19)24-14-27(23)13-16-9-6-12-30-16/h1-5,7-8,10-11,14,16H,6,9,12-13H2. The van der Waals surface area contributed by atoms with Crippen LogP contribution in [0.1, 0.15) is 12.8 Å². The molecule has 0 saturated carbocycles. The Morgan fingerprint density at radius 1 is 0.967 bits per heavy atom. The van der Waals surface area contributed by atoms with Gasteiger partial charge in [-0.25, -0.2) is 15.0 Å². The van der Waals surface area contributed by atoms with Gasteiger partial charge >= 0.3 is 0 Å². The number of aromatic nitrogens is 5. The number of ether oxygens (including phenoxy) is 1. The van der Waals surface area contributed by atoms with Gasteiger partial charge in [0.25, 0.3) is 5.56 Å². The molecule has 148 valence electrons. The topological polar surface area (TPSA) is 74.8 Å². The molecule has 0 spiro atoms. The van der Waals surface area contributed by atoms with Gasteiger partial charge in [-0.05, 0) is 37.1 Å². The first-order chi connectivity index (χ1) is 14.8. The van der Waals surface area contributed by atoms with Gasteiger partial charge < -0.3 is 4.74 Å². The summed E-state index contributed by atoms with van der Waals surface area (Å²) in [6.07, 6.45) is 3.65. The summed E-state index contributed by atoms with van der Waals surface area (Å²) in [5.41, 5.74) is 4.10. The van der Waals surface area contributed by atoms with Crippen molar-refractivity contribution in [1.29, 1.82) is 0 Å². The van der Waals surface area contributed by atoms with Crippen molar-refractivity contribution in [2.45, 2.75) is 25.5 Å². The molecule has 3 aromatic heterocycles. The number of hydrogen-bond donors (Lipinski definition) is 0. The van der Waals surface area contributed by atoms with Crippen molar-refractivity contribution < 1.29 is 4.74 Å². The first-order valence-corrected chi connectivity index (χ1v) is 10.1. The van der Waals surface area contributed by atoms with Crippen LogP contribution < -0.4 is 5.56 Å². The third-order valence-corrected chi connectivity index (χ3v) is 5.67. The van der Waals surface area contributed by atoms with Crippen LogP contribution in [0.3, 0.4) is 0 Å². The zero-order valence-corrected chi connectivity index (χ0v) is 16.2. The molecule has 1 aliphatic rings. The number of para-hydroxylation sites is 3. The maximum absolute atomic E-state index is 13.5. The average Bonchev–Trinajstić information content (AvgIpc) is 3.40. The summed E-state index contributed by atoms with van der Waals surface area (Å²) in [6, 6.07) is 17.5. The van der Waals surface area contributed by atoms with Crippen LogP contribution in [-0.2, 0) is 11.3 Å². The Kier molecular flexibility index (Phi) is 3.89. The monoisotopic (exact) mass is 397 g/mol. The van der Waals surface area contributed by atoms with E-state index in [-0.39, 0.29) is 11.7 Å². The summed E-state index contributed by atoms with van der Waals surface area (Å²) in [5, 5.41) is 0.493. The Balaban J connectivity index is 1.69. The minimum absolute atomic E-state index is 0.0522. The van der Waals surface area contributed by atoms with Crippen LogP contribution >= 0.6 is 0 Å². The van der Waals surface area contributed by atoms with E-state index in [0.29, 0.717) is 28.7 Å². The van der Waals surface area contributed by atoms with E-state index in [1.165, 1.54) is 0 Å². The van der Waals surface area contributed by atoms with Crippen LogP contribution in [-0.4, -0.2) is 36.8 Å². The van der Waals surface area contributed by atoms with Crippen molar-refractivity contribution >= 4 is 33.2 Å². The average molecular weight is 397 g/mol. The third kappa shape index (κ3) is 2.63. The molecule has 2 aromatic carbocycles. The number of rotatable bonds is 3. The molecule has 0 amide bonds. The molecular weight excluding hydrogens is 378 g/mol. The summed E-state index contributed by atoms with van der Waals surface area (Å²) in [5.74, 6) is 0. The van der Waals surface area contributed by atoms with Gasteiger partial charge in [0.05, 0.1) is 23.7 Å². The van der Waals surface area contributed by atoms with Crippen molar-refractivity contribution in [2.24, 2.45) is 0 Å². The molecule has 0 radical (unpaired) electrons. The molecule has 1 aliphatic heterocycles. The van der Waals surface area contributed by atoms with Crippen LogP contribution in [0, 0.1) is 0 Å². The van der Waals surface area contributed by atoms with E-state index in [0.717, 1.165) is 36.2 Å². The van der Waals surface area contributed by atoms with Gasteiger partial charge in [0.1, 0.15) is 17.2 Å². The third-order valence-electron chi connectivity index (χ3n) is 5.67. The van der Waals surface area contributed by atoms with E-state index in [1.54, 1.807) is 10.9 Å². The van der Waals surface area contributed by atoms with Gasteiger partial charge in [-0.1, -0.05) is 30.3 Å². The smallest absolute Gasteiger partial charge is 0.265 e. The Labute approximate surface area is 171 Å². The Morgan fingerprint density at radius 2 is 1.73 bits per heavy atom. The van der Waals surface area contributed by atoms with Crippen LogP contribution in [0.2, 0.25) is 0 Å². The van der Waals surface area contributed by atoms with E-state index in [1.807, 2.05) is 59.2 Å². The minimum atomic E-state index is -0.111. The zero-order chi connectivity index (χ0) is 20.1. The van der Waals surface area contributed by atoms with Crippen molar-refractivity contribution in [3.8, 4) is 5.69 Å². The van der Waals surface area contributed by atoms with Crippen LogP contribution in [0.15, 0.2) is 65.7 Å². The molecule has 1 fully saturated rings. The predicted molar refractivity (Wildman–Crippen MR) is 115 cm³/mol. The van der Waals surface area contributed by atoms with Crippen molar-refractivity contribution in [2.75, 3.05) is 6.61 Å². The molecule has 4 heterocycles. The molecule has 0 N–H and O–H groups in total. The van der Waals surface area contributed by atoms with Gasteiger partial charge in [-0.3, -0.25) is 13.9 Å². The SMILES string of the molecule is O=c1c2c3nc4ccccc4nc3n(-c3ccccc3)c2ncn1CC1CCCO1. The van der Waals surface area contributed by atoms with Crippen LogP contribution in [0.5, 0.6) is 0 Å². The highest BCUT2D eigenvalue weighted by molar-refractivity contribution is 6.05. The molecule has 30 heavy (non-hydrogen) atoms. The van der Waals surface area contributed by atoms with E-state index in [4.69, 9.17) is 14.7 Å². The molecular formula is C23H19N5O2. The Morgan fingerprint density at radius 3 is 2.50 bits per heavy atom. The molecule has 5 aromatic rings. The van der Waals surface area contributed by atoms with Crippen molar-refractivity contribution in [3.05, 3.63) is 71.3 Å². The second-order valence-corrected chi connectivity index (χ2v) is 7.59. The molecule has 0 aliphatic carbocycles. The summed E-state index contributed by atoms with van der Waals surface area (Å²) >= 11 is 0. The number of hydrogen-bond acceptors (Lipinski definition) is 5. The first-order valence-electron chi connectivity index (χ1n) is 10.1. The second kappa shape index (κ2) is 6.74. The number of benzene rings is 2. The largest absolute Gasteiger partial charge is 0.376 e. The molecule has 7 heteroatoms. The van der Waals surface area contributed by atoms with Gasteiger partial charge in [-0.15, -0.1) is 0 Å². The summed E-state index contributed by atoms with van der Waals surface area (Å²) in [4.78, 5) is 27.8. The van der Waals surface area contributed by atoms with Gasteiger partial charge in [0.15, 0.2) is 11.3 Å². The fourth-order valence-electron chi connectivity index (χ4n) is 4.23. The fourth-order valence-corrected chi connectivity index (χ4v) is 4.23. The molecule has 1 saturated heterocycles. The van der Waals surface area contributed by atoms with E-state index in [9.17, 15) is 4.79 Å². The normalized spacial score (nSPS) is 16.7. The lowest BCUT2D eigenvalue weighted by atomic mass is 10.2. The lowest BCUT2D eigenvalue weighted by Crippen LogP contribution is -2.26. The summed E-state index contributed by atoms with van der Waals surface area (Å²) < 4.78 is 9.28. The fraction of sp³-hybridized carbons (Fsp3) is 0.217. The lowest BCUT2D eigenvalue weighted by Gasteiger charge is -2.11. The molecule has 6 rings (SSSR count). The highest BCUT2D eigenvalue weighted by Crippen LogP contribution is 2.28. The Hall–Kier alpha value is -3.58. The minimum Gasteiger partial charge on any atom is -0.376 e. The summed E-state index contributed by atoms with van der Waals surface area (Å²) in [6.45, 7) is 1.25. The van der Waals surface area contributed by atoms with Crippen molar-refractivity contribution in [1.82, 2.24) is 24.1 Å². The van der Waals surface area contributed by atoms with Gasteiger partial charge in [0.2, 0.25) is 0 Å². The predicted octanol–water partition coefficient (Wildman–Crippen LogP) is 3.46. The molecule has 0 bridgehead atoms. The molecule has 1 atom stereocenters. The van der Waals surface area contributed by atoms with Gasteiger partial charge in [-0.2, -0.15) is 0 Å². The Bertz CT molecular complexity index is 1450. The first kappa shape index (κ1) is 17.3. The maximum Gasteiger partial charge on any atom is 0.265 e. The highest BCUT2D eigenvalue weighted by atomic mass is 16.5. The molecule has 1 unspecified atom stereocenters. The van der Waals surface area contributed by atoms with E-state index >= 15 is 0 Å². The summed E-state index contributed by atoms with van der Waals surface area (Å²) in [7, 11) is 0. The zero-order valence-electron chi connectivity index (χ0n) is 16.2. The van der Waals surface area contributed by atoms with E-state index < -0.39 is 0 Å². The van der Waals surface area contributed by atoms with E-state index in [2.05, 4.69) is 4.98 Å². The highest BCUT2D eigenvalue weighted by Gasteiger charge is 2.22. The second-order valence-electron chi connectivity index (χ2n) is 7.59.